The molecular formula is C23H15F2N3O4. The number of aromatic nitrogens is 2. The van der Waals surface area contributed by atoms with Crippen LogP contribution in [0.5, 0.6) is 0 Å². The van der Waals surface area contributed by atoms with E-state index in [1.54, 1.807) is 36.4 Å². The van der Waals surface area contributed by atoms with Crippen molar-refractivity contribution in [3.8, 4) is 0 Å². The molecule has 3 heterocycles. The monoisotopic (exact) mass is 435 g/mol. The molecule has 32 heavy (non-hydrogen) atoms. The molecule has 0 spiro atoms. The molecule has 0 fully saturated rings. The van der Waals surface area contributed by atoms with E-state index < -0.39 is 29.6 Å². The van der Waals surface area contributed by atoms with Gasteiger partial charge in [-0.25, -0.2) is 13.8 Å². The van der Waals surface area contributed by atoms with Gasteiger partial charge in [-0.1, -0.05) is 12.1 Å². The number of anilines is 1. The highest BCUT2D eigenvalue weighted by Crippen LogP contribution is 2.25. The third-order valence-electron chi connectivity index (χ3n) is 5.05. The SMILES string of the molecule is O=C(Cn1cnc2c(oc3ccccc32)c1=O)N(Cc1ccco1)c1ccc(F)cc1F. The highest BCUT2D eigenvalue weighted by Gasteiger charge is 2.23. The van der Waals surface area contributed by atoms with Crippen molar-refractivity contribution in [3.63, 3.8) is 0 Å². The van der Waals surface area contributed by atoms with E-state index in [-0.39, 0.29) is 17.8 Å². The van der Waals surface area contributed by atoms with E-state index in [9.17, 15) is 18.4 Å². The highest BCUT2D eigenvalue weighted by molar-refractivity contribution is 6.01. The van der Waals surface area contributed by atoms with E-state index in [0.29, 0.717) is 28.3 Å². The van der Waals surface area contributed by atoms with Crippen molar-refractivity contribution in [1.29, 1.82) is 0 Å². The van der Waals surface area contributed by atoms with Crippen LogP contribution in [0, 0.1) is 11.6 Å². The maximum absolute atomic E-state index is 14.5. The molecule has 0 aliphatic carbocycles. The van der Waals surface area contributed by atoms with E-state index in [4.69, 9.17) is 8.83 Å². The molecule has 0 unspecified atom stereocenters. The lowest BCUT2D eigenvalue weighted by atomic mass is 10.2. The summed E-state index contributed by atoms with van der Waals surface area (Å²) in [6.07, 6.45) is 2.67. The molecule has 1 amide bonds. The smallest absolute Gasteiger partial charge is 0.297 e. The predicted molar refractivity (Wildman–Crippen MR) is 112 cm³/mol. The molecule has 5 rings (SSSR count). The van der Waals surface area contributed by atoms with Gasteiger partial charge in [-0.3, -0.25) is 14.2 Å². The van der Waals surface area contributed by atoms with Gasteiger partial charge in [0.05, 0.1) is 24.8 Å². The van der Waals surface area contributed by atoms with Crippen LogP contribution < -0.4 is 10.5 Å². The van der Waals surface area contributed by atoms with E-state index in [0.717, 1.165) is 21.6 Å². The van der Waals surface area contributed by atoms with Gasteiger partial charge < -0.3 is 13.7 Å². The Hall–Kier alpha value is -4.27. The predicted octanol–water partition coefficient (Wildman–Crippen LogP) is 4.25. The second-order valence-corrected chi connectivity index (χ2v) is 7.11. The van der Waals surface area contributed by atoms with Crippen LogP contribution in [0.1, 0.15) is 5.76 Å². The zero-order chi connectivity index (χ0) is 22.2. The second-order valence-electron chi connectivity index (χ2n) is 7.11. The summed E-state index contributed by atoms with van der Waals surface area (Å²) < 4.78 is 39.9. The minimum atomic E-state index is -0.914. The molecule has 7 nitrogen and oxygen atoms in total. The van der Waals surface area contributed by atoms with Crippen LogP contribution in [0.3, 0.4) is 0 Å². The molecule has 0 N–H and O–H groups in total. The van der Waals surface area contributed by atoms with Crippen molar-refractivity contribution in [3.05, 3.63) is 94.9 Å². The Morgan fingerprint density at radius 1 is 1.09 bits per heavy atom. The average molecular weight is 435 g/mol. The number of fused-ring (bicyclic) bond motifs is 3. The molecule has 5 aromatic rings. The van der Waals surface area contributed by atoms with Crippen molar-refractivity contribution in [1.82, 2.24) is 9.55 Å². The zero-order valence-corrected chi connectivity index (χ0v) is 16.5. The van der Waals surface area contributed by atoms with Crippen LogP contribution in [0.15, 0.2) is 80.8 Å². The van der Waals surface area contributed by atoms with Gasteiger partial charge in [-0.05, 0) is 36.4 Å². The Balaban J connectivity index is 1.52. The zero-order valence-electron chi connectivity index (χ0n) is 16.5. The first-order valence-corrected chi connectivity index (χ1v) is 9.66. The molecule has 9 heteroatoms. The molecule has 0 radical (unpaired) electrons. The summed E-state index contributed by atoms with van der Waals surface area (Å²) in [6, 6.07) is 13.2. The number of carbonyl (C=O) groups excluding carboxylic acids is 1. The number of nitrogens with zero attached hydrogens (tertiary/aromatic N) is 3. The number of hydrogen-bond acceptors (Lipinski definition) is 5. The number of benzene rings is 2. The maximum atomic E-state index is 14.5. The Morgan fingerprint density at radius 2 is 1.94 bits per heavy atom. The van der Waals surface area contributed by atoms with Crippen LogP contribution >= 0.6 is 0 Å². The van der Waals surface area contributed by atoms with E-state index in [1.165, 1.54) is 12.6 Å². The Morgan fingerprint density at radius 3 is 2.72 bits per heavy atom. The number of para-hydroxylation sites is 1. The molecule has 0 saturated heterocycles. The molecule has 0 saturated carbocycles. The van der Waals surface area contributed by atoms with Gasteiger partial charge in [0, 0.05) is 11.5 Å². The third-order valence-corrected chi connectivity index (χ3v) is 5.05. The second kappa shape index (κ2) is 7.77. The standard InChI is InChI=1S/C23H15F2N3O4/c24-14-7-8-18(17(25)10-14)28(11-15-4-3-9-31-15)20(29)12-27-13-26-21-16-5-1-2-6-19(16)32-22(21)23(27)30/h1-10,13H,11-12H2. The lowest BCUT2D eigenvalue weighted by molar-refractivity contribution is -0.119. The van der Waals surface area contributed by atoms with Gasteiger partial charge in [-0.15, -0.1) is 0 Å². The number of furan rings is 2. The molecule has 160 valence electrons. The van der Waals surface area contributed by atoms with Gasteiger partial charge in [0.25, 0.3) is 5.56 Å². The molecule has 0 aliphatic heterocycles. The highest BCUT2D eigenvalue weighted by atomic mass is 19.1. The topological polar surface area (TPSA) is 81.5 Å². The molecule has 2 aromatic carbocycles. The van der Waals surface area contributed by atoms with E-state index in [1.807, 2.05) is 0 Å². The molecule has 0 aliphatic rings. The van der Waals surface area contributed by atoms with Gasteiger partial charge in [0.15, 0.2) is 0 Å². The largest absolute Gasteiger partial charge is 0.467 e. The summed E-state index contributed by atoms with van der Waals surface area (Å²) in [6.45, 7) is -0.542. The van der Waals surface area contributed by atoms with Crippen molar-refractivity contribution in [2.45, 2.75) is 13.1 Å². The minimum Gasteiger partial charge on any atom is -0.467 e. The molecule has 3 aromatic heterocycles. The summed E-state index contributed by atoms with van der Waals surface area (Å²) in [5.74, 6) is -1.91. The van der Waals surface area contributed by atoms with Crippen LogP contribution in [0.4, 0.5) is 14.5 Å². The molecule has 0 atom stereocenters. The number of rotatable bonds is 5. The van der Waals surface area contributed by atoms with Crippen LogP contribution in [-0.4, -0.2) is 15.5 Å². The fraction of sp³-hybridized carbons (Fsp3) is 0.0870. The summed E-state index contributed by atoms with van der Waals surface area (Å²) in [5.41, 5.74) is 0.234. The normalized spacial score (nSPS) is 11.3. The lowest BCUT2D eigenvalue weighted by Crippen LogP contribution is -2.36. The van der Waals surface area contributed by atoms with Crippen molar-refractivity contribution in [2.24, 2.45) is 0 Å². The summed E-state index contributed by atoms with van der Waals surface area (Å²) >= 11 is 0. The first-order chi connectivity index (χ1) is 15.5. The van der Waals surface area contributed by atoms with E-state index >= 15 is 0 Å². The van der Waals surface area contributed by atoms with Gasteiger partial charge in [-0.2, -0.15) is 0 Å². The number of hydrogen-bond donors (Lipinski definition) is 0. The van der Waals surface area contributed by atoms with Crippen molar-refractivity contribution >= 4 is 33.7 Å². The first kappa shape index (κ1) is 19.7. The number of carbonyl (C=O) groups is 1. The van der Waals surface area contributed by atoms with Crippen molar-refractivity contribution < 1.29 is 22.4 Å². The minimum absolute atomic E-state index is 0.0204. The summed E-state index contributed by atoms with van der Waals surface area (Å²) in [7, 11) is 0. The maximum Gasteiger partial charge on any atom is 0.297 e. The Kier molecular flexibility index (Phi) is 4.78. The number of halogens is 2. The van der Waals surface area contributed by atoms with Gasteiger partial charge >= 0.3 is 0 Å². The number of amides is 1. The van der Waals surface area contributed by atoms with Crippen molar-refractivity contribution in [2.75, 3.05) is 4.90 Å². The lowest BCUT2D eigenvalue weighted by Gasteiger charge is -2.22. The molecule has 0 bridgehead atoms. The average Bonchev–Trinajstić information content (AvgIpc) is 3.42. The quantitative estimate of drug-likeness (QED) is 0.412. The third kappa shape index (κ3) is 3.43. The van der Waals surface area contributed by atoms with Crippen LogP contribution in [-0.2, 0) is 17.9 Å². The Labute approximate surface area is 179 Å². The fourth-order valence-electron chi connectivity index (χ4n) is 3.53. The van der Waals surface area contributed by atoms with Gasteiger partial charge in [0.1, 0.15) is 35.0 Å². The fourth-order valence-corrected chi connectivity index (χ4v) is 3.53. The van der Waals surface area contributed by atoms with Gasteiger partial charge in [0.2, 0.25) is 11.5 Å². The Bertz CT molecular complexity index is 1510. The van der Waals surface area contributed by atoms with Crippen LogP contribution in [0.25, 0.3) is 22.1 Å². The van der Waals surface area contributed by atoms with E-state index in [2.05, 4.69) is 4.98 Å². The first-order valence-electron chi connectivity index (χ1n) is 9.66. The van der Waals surface area contributed by atoms with Crippen LogP contribution in [0.2, 0.25) is 0 Å². The summed E-state index contributed by atoms with van der Waals surface area (Å²) in [5, 5.41) is 0.686. The molecular weight excluding hydrogens is 420 g/mol. The summed E-state index contributed by atoms with van der Waals surface area (Å²) in [4.78, 5) is 31.4.